The van der Waals surface area contributed by atoms with Crippen LogP contribution in [-0.4, -0.2) is 51.0 Å². The van der Waals surface area contributed by atoms with E-state index in [-0.39, 0.29) is 36.0 Å². The summed E-state index contributed by atoms with van der Waals surface area (Å²) in [5, 5.41) is 13.3. The maximum absolute atomic E-state index is 9.80. The van der Waals surface area contributed by atoms with E-state index in [9.17, 15) is 5.11 Å². The second-order valence-corrected chi connectivity index (χ2v) is 6.20. The van der Waals surface area contributed by atoms with Gasteiger partial charge in [0.1, 0.15) is 0 Å². The Labute approximate surface area is 155 Å². The zero-order valence-electron chi connectivity index (χ0n) is 13.6. The Hall–Kier alpha value is -0.860. The molecule has 6 heteroatoms. The molecule has 0 bridgehead atoms. The molecule has 2 aliphatic heterocycles. The van der Waals surface area contributed by atoms with Crippen molar-refractivity contribution in [3.05, 3.63) is 29.8 Å². The SMILES string of the molecule is CN=C(NCC1(CO)CCOCC1)N1CCc2ccccc21.I. The Morgan fingerprint density at radius 3 is 2.78 bits per heavy atom. The predicted octanol–water partition coefficient (Wildman–Crippen LogP) is 2.03. The third-order valence-electron chi connectivity index (χ3n) is 4.87. The van der Waals surface area contributed by atoms with E-state index >= 15 is 0 Å². The minimum absolute atomic E-state index is 0. The molecule has 0 unspecified atom stereocenters. The van der Waals surface area contributed by atoms with Crippen molar-refractivity contribution in [3.63, 3.8) is 0 Å². The fraction of sp³-hybridized carbons (Fsp3) is 0.588. The van der Waals surface area contributed by atoms with Gasteiger partial charge in [0, 0.05) is 44.5 Å². The zero-order chi connectivity index (χ0) is 15.4. The lowest BCUT2D eigenvalue weighted by molar-refractivity contribution is -0.0131. The summed E-state index contributed by atoms with van der Waals surface area (Å²) in [6, 6.07) is 8.47. The summed E-state index contributed by atoms with van der Waals surface area (Å²) in [5.74, 6) is 0.893. The van der Waals surface area contributed by atoms with Crippen molar-refractivity contribution in [2.45, 2.75) is 19.3 Å². The fourth-order valence-electron chi connectivity index (χ4n) is 3.32. The van der Waals surface area contributed by atoms with Crippen LogP contribution >= 0.6 is 24.0 Å². The van der Waals surface area contributed by atoms with E-state index in [4.69, 9.17) is 4.74 Å². The molecule has 3 rings (SSSR count). The number of guanidine groups is 1. The van der Waals surface area contributed by atoms with Crippen LogP contribution in [0.2, 0.25) is 0 Å². The van der Waals surface area contributed by atoms with Crippen molar-refractivity contribution < 1.29 is 9.84 Å². The number of nitrogens with one attached hydrogen (secondary N) is 1. The molecule has 0 radical (unpaired) electrons. The second-order valence-electron chi connectivity index (χ2n) is 6.20. The Bertz CT molecular complexity index is 544. The number of fused-ring (bicyclic) bond motifs is 1. The van der Waals surface area contributed by atoms with E-state index in [1.54, 1.807) is 0 Å². The molecule has 0 amide bonds. The van der Waals surface area contributed by atoms with Gasteiger partial charge in [-0.15, -0.1) is 24.0 Å². The van der Waals surface area contributed by atoms with Crippen molar-refractivity contribution in [1.29, 1.82) is 0 Å². The lowest BCUT2D eigenvalue weighted by atomic mass is 9.81. The summed E-state index contributed by atoms with van der Waals surface area (Å²) in [6.07, 6.45) is 2.84. The molecule has 0 aromatic heterocycles. The molecule has 2 heterocycles. The van der Waals surface area contributed by atoms with Crippen molar-refractivity contribution in [2.75, 3.05) is 44.9 Å². The lowest BCUT2D eigenvalue weighted by Crippen LogP contribution is -2.48. The van der Waals surface area contributed by atoms with Crippen molar-refractivity contribution >= 4 is 35.6 Å². The van der Waals surface area contributed by atoms with Crippen LogP contribution in [0.5, 0.6) is 0 Å². The molecule has 2 N–H and O–H groups in total. The van der Waals surface area contributed by atoms with Gasteiger partial charge in [-0.1, -0.05) is 18.2 Å². The Kier molecular flexibility index (Phi) is 6.67. The van der Waals surface area contributed by atoms with Gasteiger partial charge in [0.15, 0.2) is 5.96 Å². The normalized spacial score (nSPS) is 19.9. The molecule has 1 aromatic carbocycles. The second kappa shape index (κ2) is 8.30. The fourth-order valence-corrected chi connectivity index (χ4v) is 3.32. The van der Waals surface area contributed by atoms with Gasteiger partial charge in [0.25, 0.3) is 0 Å². The van der Waals surface area contributed by atoms with E-state index in [2.05, 4.69) is 39.5 Å². The standard InChI is InChI=1S/C17H25N3O2.HI/c1-18-16(19-12-17(13-21)7-10-22-11-8-17)20-9-6-14-4-2-3-5-15(14)20;/h2-5,21H,6-13H2,1H3,(H,18,19);1H. The van der Waals surface area contributed by atoms with E-state index in [1.165, 1.54) is 11.3 Å². The highest BCUT2D eigenvalue weighted by Gasteiger charge is 2.33. The predicted molar refractivity (Wildman–Crippen MR) is 104 cm³/mol. The quantitative estimate of drug-likeness (QED) is 0.437. The maximum Gasteiger partial charge on any atom is 0.198 e. The number of benzene rings is 1. The first-order chi connectivity index (χ1) is 10.8. The molecule has 1 saturated heterocycles. The van der Waals surface area contributed by atoms with Crippen molar-refractivity contribution in [3.8, 4) is 0 Å². The van der Waals surface area contributed by atoms with Gasteiger partial charge >= 0.3 is 0 Å². The van der Waals surface area contributed by atoms with E-state index in [1.807, 2.05) is 7.05 Å². The molecule has 2 aliphatic rings. The van der Waals surface area contributed by atoms with E-state index in [0.29, 0.717) is 0 Å². The summed E-state index contributed by atoms with van der Waals surface area (Å²) < 4.78 is 5.43. The van der Waals surface area contributed by atoms with Gasteiger partial charge in [-0.25, -0.2) is 0 Å². The van der Waals surface area contributed by atoms with Crippen LogP contribution in [-0.2, 0) is 11.2 Å². The van der Waals surface area contributed by atoms with Crippen LogP contribution in [0.25, 0.3) is 0 Å². The largest absolute Gasteiger partial charge is 0.396 e. The van der Waals surface area contributed by atoms with Gasteiger partial charge in [0.2, 0.25) is 0 Å². The highest BCUT2D eigenvalue weighted by Crippen LogP contribution is 2.30. The molecule has 0 saturated carbocycles. The number of hydrogen-bond donors (Lipinski definition) is 2. The first kappa shape index (κ1) is 18.5. The molecular weight excluding hydrogens is 405 g/mol. The van der Waals surface area contributed by atoms with Crippen molar-refractivity contribution in [1.82, 2.24) is 5.32 Å². The number of rotatable bonds is 3. The topological polar surface area (TPSA) is 57.1 Å². The van der Waals surface area contributed by atoms with Gasteiger partial charge in [0.05, 0.1) is 6.61 Å². The monoisotopic (exact) mass is 431 g/mol. The Morgan fingerprint density at radius 2 is 2.09 bits per heavy atom. The number of aliphatic hydroxyl groups excluding tert-OH is 1. The number of halogens is 1. The highest BCUT2D eigenvalue weighted by molar-refractivity contribution is 14.0. The minimum Gasteiger partial charge on any atom is -0.396 e. The number of aliphatic imine (C=N–C) groups is 1. The van der Waals surface area contributed by atoms with E-state index < -0.39 is 0 Å². The van der Waals surface area contributed by atoms with Crippen LogP contribution in [0.1, 0.15) is 18.4 Å². The van der Waals surface area contributed by atoms with Gasteiger partial charge in [-0.3, -0.25) is 4.99 Å². The zero-order valence-corrected chi connectivity index (χ0v) is 16.0. The average Bonchev–Trinajstić information content (AvgIpc) is 3.01. The third-order valence-corrected chi connectivity index (χ3v) is 4.87. The van der Waals surface area contributed by atoms with Crippen LogP contribution in [0, 0.1) is 5.41 Å². The van der Waals surface area contributed by atoms with Crippen LogP contribution in [0.15, 0.2) is 29.3 Å². The molecule has 0 aliphatic carbocycles. The average molecular weight is 431 g/mol. The summed E-state index contributed by atoms with van der Waals surface area (Å²) in [7, 11) is 1.82. The summed E-state index contributed by atoms with van der Waals surface area (Å²) in [6.45, 7) is 3.34. The van der Waals surface area contributed by atoms with Crippen LogP contribution in [0.4, 0.5) is 5.69 Å². The Morgan fingerprint density at radius 1 is 1.35 bits per heavy atom. The van der Waals surface area contributed by atoms with Gasteiger partial charge < -0.3 is 20.1 Å². The molecule has 0 spiro atoms. The highest BCUT2D eigenvalue weighted by atomic mass is 127. The van der Waals surface area contributed by atoms with Crippen molar-refractivity contribution in [2.24, 2.45) is 10.4 Å². The minimum atomic E-state index is -0.0898. The van der Waals surface area contributed by atoms with Crippen LogP contribution in [0.3, 0.4) is 0 Å². The third kappa shape index (κ3) is 3.97. The molecule has 5 nitrogen and oxygen atoms in total. The Balaban J connectivity index is 0.00000192. The molecule has 1 aromatic rings. The van der Waals surface area contributed by atoms with E-state index in [0.717, 1.165) is 51.5 Å². The number of ether oxygens (including phenoxy) is 1. The lowest BCUT2D eigenvalue weighted by Gasteiger charge is -2.36. The van der Waals surface area contributed by atoms with Crippen LogP contribution < -0.4 is 10.2 Å². The molecular formula is C17H26IN3O2. The maximum atomic E-state index is 9.80. The number of nitrogens with zero attached hydrogens (tertiary/aromatic N) is 2. The number of hydrogen-bond acceptors (Lipinski definition) is 3. The van der Waals surface area contributed by atoms with Gasteiger partial charge in [-0.2, -0.15) is 0 Å². The number of aliphatic hydroxyl groups is 1. The molecule has 1 fully saturated rings. The first-order valence-electron chi connectivity index (χ1n) is 8.03. The smallest absolute Gasteiger partial charge is 0.198 e. The molecule has 23 heavy (non-hydrogen) atoms. The summed E-state index contributed by atoms with van der Waals surface area (Å²) >= 11 is 0. The van der Waals surface area contributed by atoms with Gasteiger partial charge in [-0.05, 0) is 30.9 Å². The first-order valence-corrected chi connectivity index (χ1v) is 8.03. The number of para-hydroxylation sites is 1. The molecule has 0 atom stereocenters. The molecule has 128 valence electrons. The number of anilines is 1. The summed E-state index contributed by atoms with van der Waals surface area (Å²) in [4.78, 5) is 6.67. The summed E-state index contributed by atoms with van der Waals surface area (Å²) in [5.41, 5.74) is 2.52.